The summed E-state index contributed by atoms with van der Waals surface area (Å²) in [4.78, 5) is 6.98. The van der Waals surface area contributed by atoms with Crippen LogP contribution < -0.4 is 14.8 Å². The Labute approximate surface area is 163 Å². The molecule has 144 valence electrons. The second kappa shape index (κ2) is 7.61. The van der Waals surface area contributed by atoms with Crippen LogP contribution in [0.2, 0.25) is 0 Å². The minimum atomic E-state index is 0.250. The highest BCUT2D eigenvalue weighted by Gasteiger charge is 2.23. The van der Waals surface area contributed by atoms with Gasteiger partial charge < -0.3 is 19.3 Å². The number of hydrogen-bond acceptors (Lipinski definition) is 7. The molecule has 0 radical (unpaired) electrons. The maximum absolute atomic E-state index is 5.42. The minimum absolute atomic E-state index is 0.250. The smallest absolute Gasteiger partial charge is 0.258 e. The van der Waals surface area contributed by atoms with Crippen LogP contribution >= 0.6 is 0 Å². The predicted octanol–water partition coefficient (Wildman–Crippen LogP) is 2.83. The zero-order valence-electron chi connectivity index (χ0n) is 15.5. The summed E-state index contributed by atoms with van der Waals surface area (Å²) in [5, 5.41) is 7.65. The van der Waals surface area contributed by atoms with E-state index < -0.39 is 0 Å². The maximum Gasteiger partial charge on any atom is 0.258 e. The third kappa shape index (κ3) is 3.72. The molecule has 0 bridgehead atoms. The van der Waals surface area contributed by atoms with E-state index in [9.17, 15) is 0 Å². The van der Waals surface area contributed by atoms with Crippen molar-refractivity contribution in [3.05, 3.63) is 59.9 Å². The van der Waals surface area contributed by atoms with Gasteiger partial charge >= 0.3 is 0 Å². The van der Waals surface area contributed by atoms with Crippen molar-refractivity contribution in [1.29, 1.82) is 0 Å². The molecule has 1 saturated heterocycles. The number of likely N-dealkylation sites (tertiary alicyclic amines) is 1. The van der Waals surface area contributed by atoms with Crippen LogP contribution in [0.3, 0.4) is 0 Å². The molecule has 2 aliphatic heterocycles. The van der Waals surface area contributed by atoms with E-state index in [1.54, 1.807) is 0 Å². The van der Waals surface area contributed by atoms with Crippen molar-refractivity contribution in [2.45, 2.75) is 25.6 Å². The fourth-order valence-corrected chi connectivity index (χ4v) is 3.69. The van der Waals surface area contributed by atoms with Gasteiger partial charge in [-0.25, -0.2) is 0 Å². The third-order valence-electron chi connectivity index (χ3n) is 5.16. The van der Waals surface area contributed by atoms with Gasteiger partial charge in [0.1, 0.15) is 0 Å². The summed E-state index contributed by atoms with van der Waals surface area (Å²) >= 11 is 0. The molecule has 7 nitrogen and oxygen atoms in total. The summed E-state index contributed by atoms with van der Waals surface area (Å²) in [6, 6.07) is 16.7. The fraction of sp³-hybridized carbons (Fsp3) is 0.333. The van der Waals surface area contributed by atoms with E-state index >= 15 is 0 Å². The molecule has 5 rings (SSSR count). The van der Waals surface area contributed by atoms with Gasteiger partial charge in [-0.3, -0.25) is 4.90 Å². The first-order chi connectivity index (χ1) is 13.8. The lowest BCUT2D eigenvalue weighted by Gasteiger charge is -2.16. The Hall–Kier alpha value is -2.90. The monoisotopic (exact) mass is 378 g/mol. The molecule has 3 aromatic rings. The number of rotatable bonds is 6. The van der Waals surface area contributed by atoms with Crippen LogP contribution in [0.1, 0.15) is 17.8 Å². The van der Waals surface area contributed by atoms with Gasteiger partial charge in [0.05, 0.1) is 6.54 Å². The molecule has 0 unspecified atom stereocenters. The van der Waals surface area contributed by atoms with Gasteiger partial charge in [0, 0.05) is 31.2 Å². The standard InChI is InChI=1S/C21H22N4O3/c1-2-4-15(5-3-1)12-25-9-8-17(13-25)22-11-20-23-21(28-24-20)16-6-7-18-19(10-16)27-14-26-18/h1-7,10,17,22H,8-9,11-14H2/t17-/m0/s1. The van der Waals surface area contributed by atoms with Gasteiger partial charge in [-0.05, 0) is 30.2 Å². The summed E-state index contributed by atoms with van der Waals surface area (Å²) < 4.78 is 16.2. The molecule has 0 amide bonds. The molecule has 28 heavy (non-hydrogen) atoms. The van der Waals surface area contributed by atoms with Crippen LogP contribution in [-0.4, -0.2) is 41.0 Å². The largest absolute Gasteiger partial charge is 0.454 e. The van der Waals surface area contributed by atoms with Crippen molar-refractivity contribution in [2.24, 2.45) is 0 Å². The first-order valence-corrected chi connectivity index (χ1v) is 9.56. The zero-order valence-corrected chi connectivity index (χ0v) is 15.5. The molecular formula is C21H22N4O3. The molecule has 0 saturated carbocycles. The third-order valence-corrected chi connectivity index (χ3v) is 5.16. The number of nitrogens with zero attached hydrogens (tertiary/aromatic N) is 3. The van der Waals surface area contributed by atoms with Crippen molar-refractivity contribution < 1.29 is 14.0 Å². The highest BCUT2D eigenvalue weighted by molar-refractivity contribution is 5.60. The molecule has 2 aliphatic rings. The zero-order chi connectivity index (χ0) is 18.8. The first-order valence-electron chi connectivity index (χ1n) is 9.56. The highest BCUT2D eigenvalue weighted by atomic mass is 16.7. The average molecular weight is 378 g/mol. The second-order valence-corrected chi connectivity index (χ2v) is 7.17. The number of ether oxygens (including phenoxy) is 2. The van der Waals surface area contributed by atoms with Gasteiger partial charge in [0.15, 0.2) is 17.3 Å². The lowest BCUT2D eigenvalue weighted by Crippen LogP contribution is -2.32. The molecule has 1 aromatic heterocycles. The van der Waals surface area contributed by atoms with E-state index in [2.05, 4.69) is 50.7 Å². The summed E-state index contributed by atoms with van der Waals surface area (Å²) in [6.07, 6.45) is 1.12. The summed E-state index contributed by atoms with van der Waals surface area (Å²) in [5.74, 6) is 2.60. The summed E-state index contributed by atoms with van der Waals surface area (Å²) in [7, 11) is 0. The lowest BCUT2D eigenvalue weighted by atomic mass is 10.2. The van der Waals surface area contributed by atoms with Crippen molar-refractivity contribution in [3.8, 4) is 23.0 Å². The molecule has 2 aromatic carbocycles. The van der Waals surface area contributed by atoms with Gasteiger partial charge in [-0.15, -0.1) is 0 Å². The number of benzene rings is 2. The van der Waals surface area contributed by atoms with E-state index in [1.807, 2.05) is 18.2 Å². The number of fused-ring (bicyclic) bond motifs is 1. The van der Waals surface area contributed by atoms with E-state index in [4.69, 9.17) is 14.0 Å². The van der Waals surface area contributed by atoms with E-state index in [0.717, 1.165) is 37.4 Å². The Morgan fingerprint density at radius 3 is 2.89 bits per heavy atom. The van der Waals surface area contributed by atoms with Crippen molar-refractivity contribution in [1.82, 2.24) is 20.4 Å². The molecule has 1 fully saturated rings. The molecule has 0 aliphatic carbocycles. The van der Waals surface area contributed by atoms with Crippen molar-refractivity contribution in [2.75, 3.05) is 19.9 Å². The van der Waals surface area contributed by atoms with Gasteiger partial charge in [-0.1, -0.05) is 35.5 Å². The Balaban J connectivity index is 1.15. The average Bonchev–Trinajstić information content (AvgIpc) is 3.47. The Kier molecular flexibility index (Phi) is 4.68. The molecular weight excluding hydrogens is 356 g/mol. The van der Waals surface area contributed by atoms with E-state index in [-0.39, 0.29) is 6.79 Å². The van der Waals surface area contributed by atoms with Crippen LogP contribution in [0.5, 0.6) is 11.5 Å². The van der Waals surface area contributed by atoms with Gasteiger partial charge in [-0.2, -0.15) is 4.98 Å². The highest BCUT2D eigenvalue weighted by Crippen LogP contribution is 2.35. The van der Waals surface area contributed by atoms with Crippen molar-refractivity contribution >= 4 is 0 Å². The Morgan fingerprint density at radius 1 is 1.07 bits per heavy atom. The predicted molar refractivity (Wildman–Crippen MR) is 103 cm³/mol. The number of nitrogens with one attached hydrogen (secondary N) is 1. The topological polar surface area (TPSA) is 72.7 Å². The molecule has 1 atom stereocenters. The van der Waals surface area contributed by atoms with Crippen LogP contribution in [0.4, 0.5) is 0 Å². The van der Waals surface area contributed by atoms with Gasteiger partial charge in [0.25, 0.3) is 5.89 Å². The van der Waals surface area contributed by atoms with E-state index in [1.165, 1.54) is 5.56 Å². The normalized spacial score (nSPS) is 18.6. The second-order valence-electron chi connectivity index (χ2n) is 7.17. The molecule has 0 spiro atoms. The fourth-order valence-electron chi connectivity index (χ4n) is 3.69. The molecule has 3 heterocycles. The maximum atomic E-state index is 5.42. The molecule has 7 heteroatoms. The first kappa shape index (κ1) is 17.2. The number of hydrogen-bond donors (Lipinski definition) is 1. The van der Waals surface area contributed by atoms with Crippen LogP contribution in [0, 0.1) is 0 Å². The quantitative estimate of drug-likeness (QED) is 0.707. The Morgan fingerprint density at radius 2 is 1.96 bits per heavy atom. The Bertz CT molecular complexity index is 944. The SMILES string of the molecule is c1ccc(CN2CC[C@H](NCc3noc(-c4ccc5c(c4)OCO5)n3)C2)cc1. The summed E-state index contributed by atoms with van der Waals surface area (Å²) in [5.41, 5.74) is 2.19. The summed E-state index contributed by atoms with van der Waals surface area (Å²) in [6.45, 7) is 3.97. The number of aromatic nitrogens is 2. The van der Waals surface area contributed by atoms with Crippen molar-refractivity contribution in [3.63, 3.8) is 0 Å². The van der Waals surface area contributed by atoms with Crippen LogP contribution in [0.15, 0.2) is 53.1 Å². The minimum Gasteiger partial charge on any atom is -0.454 e. The molecule has 1 N–H and O–H groups in total. The van der Waals surface area contributed by atoms with Crippen LogP contribution in [-0.2, 0) is 13.1 Å². The van der Waals surface area contributed by atoms with Gasteiger partial charge in [0.2, 0.25) is 6.79 Å². The van der Waals surface area contributed by atoms with E-state index in [0.29, 0.717) is 30.1 Å². The lowest BCUT2D eigenvalue weighted by molar-refractivity contribution is 0.174. The van der Waals surface area contributed by atoms with Crippen LogP contribution in [0.25, 0.3) is 11.5 Å².